The summed E-state index contributed by atoms with van der Waals surface area (Å²) in [7, 11) is 2.07. The summed E-state index contributed by atoms with van der Waals surface area (Å²) in [6, 6.07) is 38.2. The van der Waals surface area contributed by atoms with Gasteiger partial charge in [0.15, 0.2) is 0 Å². The molecule has 4 heteroatoms. The number of rotatable bonds is 2. The lowest BCUT2D eigenvalue weighted by Crippen LogP contribution is -1.95. The average Bonchev–Trinajstić information content (AvgIpc) is 3.58. The summed E-state index contributed by atoms with van der Waals surface area (Å²) in [5.74, 6) is 0.967. The molecule has 0 N–H and O–H groups in total. The van der Waals surface area contributed by atoms with Crippen LogP contribution < -0.4 is 0 Å². The topological polar surface area (TPSA) is 35.9 Å². The van der Waals surface area contributed by atoms with Crippen molar-refractivity contribution in [1.29, 1.82) is 0 Å². The minimum atomic E-state index is 0.920. The van der Waals surface area contributed by atoms with Crippen LogP contribution in [0.5, 0.6) is 0 Å². The van der Waals surface area contributed by atoms with Gasteiger partial charge in [-0.1, -0.05) is 48.5 Å². The van der Waals surface area contributed by atoms with Crippen LogP contribution in [0.25, 0.3) is 71.9 Å². The third-order valence-electron chi connectivity index (χ3n) is 7.35. The van der Waals surface area contributed by atoms with Crippen molar-refractivity contribution in [3.63, 3.8) is 0 Å². The van der Waals surface area contributed by atoms with Gasteiger partial charge in [-0.2, -0.15) is 0 Å². The summed E-state index contributed by atoms with van der Waals surface area (Å²) >= 11 is 0. The lowest BCUT2D eigenvalue weighted by atomic mass is 10.1. The van der Waals surface area contributed by atoms with E-state index in [0.717, 1.165) is 66.5 Å². The van der Waals surface area contributed by atoms with Gasteiger partial charge in [0.1, 0.15) is 17.0 Å². The van der Waals surface area contributed by atoms with E-state index in [2.05, 4.69) is 107 Å². The van der Waals surface area contributed by atoms with Gasteiger partial charge in [-0.25, -0.2) is 4.98 Å². The molecule has 8 aromatic rings. The molecule has 0 fully saturated rings. The zero-order valence-corrected chi connectivity index (χ0v) is 19.6. The molecule has 36 heavy (non-hydrogen) atoms. The molecule has 4 nitrogen and oxygen atoms in total. The first-order valence-corrected chi connectivity index (χ1v) is 12.1. The lowest BCUT2D eigenvalue weighted by Gasteiger charge is -2.09. The molecule has 3 heterocycles. The van der Waals surface area contributed by atoms with Crippen LogP contribution in [0.4, 0.5) is 0 Å². The minimum absolute atomic E-state index is 0.920. The van der Waals surface area contributed by atoms with E-state index in [9.17, 15) is 0 Å². The molecule has 5 aromatic carbocycles. The molecular weight excluding hydrogens is 442 g/mol. The van der Waals surface area contributed by atoms with Gasteiger partial charge < -0.3 is 13.6 Å². The highest BCUT2D eigenvalue weighted by atomic mass is 16.3. The van der Waals surface area contributed by atoms with Crippen LogP contribution in [0.3, 0.4) is 0 Å². The van der Waals surface area contributed by atoms with Gasteiger partial charge in [0, 0.05) is 34.5 Å². The highest BCUT2D eigenvalue weighted by Gasteiger charge is 2.18. The van der Waals surface area contributed by atoms with E-state index in [1.165, 1.54) is 5.39 Å². The predicted octanol–water partition coefficient (Wildman–Crippen LogP) is 8.24. The Bertz CT molecular complexity index is 2110. The molecule has 0 atom stereocenters. The molecular formula is C32H21N3O. The van der Waals surface area contributed by atoms with Crippen LogP contribution in [0.2, 0.25) is 0 Å². The van der Waals surface area contributed by atoms with E-state index in [4.69, 9.17) is 9.40 Å². The standard InChI is InChI=1S/C32H21N3O/c1-34-27-12-6-4-10-25(27)33-32(34)20-14-16-21(17-15-20)35-26-11-5-2-9-24(26)30-28(35)19-18-23-22-8-3-7-13-29(22)36-31(23)30/h2-19H,1H3. The fraction of sp³-hybridized carbons (Fsp3) is 0.0312. The van der Waals surface area contributed by atoms with E-state index >= 15 is 0 Å². The highest BCUT2D eigenvalue weighted by Crippen LogP contribution is 2.40. The van der Waals surface area contributed by atoms with Crippen molar-refractivity contribution in [2.24, 2.45) is 7.05 Å². The van der Waals surface area contributed by atoms with E-state index in [1.54, 1.807) is 0 Å². The average molecular weight is 464 g/mol. The number of aryl methyl sites for hydroxylation is 1. The van der Waals surface area contributed by atoms with Gasteiger partial charge in [0.25, 0.3) is 0 Å². The Morgan fingerprint density at radius 1 is 0.611 bits per heavy atom. The summed E-state index contributed by atoms with van der Waals surface area (Å²) in [5.41, 5.74) is 8.51. The Hall–Kier alpha value is -4.83. The quantitative estimate of drug-likeness (QED) is 0.259. The summed E-state index contributed by atoms with van der Waals surface area (Å²) in [4.78, 5) is 4.87. The van der Waals surface area contributed by atoms with E-state index in [1.807, 2.05) is 18.2 Å². The van der Waals surface area contributed by atoms with E-state index in [0.29, 0.717) is 0 Å². The van der Waals surface area contributed by atoms with Crippen molar-refractivity contribution in [1.82, 2.24) is 14.1 Å². The van der Waals surface area contributed by atoms with Crippen molar-refractivity contribution in [2.45, 2.75) is 0 Å². The fourth-order valence-electron chi connectivity index (χ4n) is 5.68. The second-order valence-corrected chi connectivity index (χ2v) is 9.32. The number of imidazole rings is 1. The third-order valence-corrected chi connectivity index (χ3v) is 7.35. The number of nitrogens with zero attached hydrogens (tertiary/aromatic N) is 3. The molecule has 0 saturated carbocycles. The number of aromatic nitrogens is 3. The third kappa shape index (κ3) is 2.56. The first kappa shape index (κ1) is 19.5. The number of furan rings is 1. The van der Waals surface area contributed by atoms with Crippen LogP contribution in [0, 0.1) is 0 Å². The molecule has 0 aliphatic heterocycles. The van der Waals surface area contributed by atoms with Crippen molar-refractivity contribution in [3.05, 3.63) is 109 Å². The zero-order valence-electron chi connectivity index (χ0n) is 19.6. The molecule has 0 unspecified atom stereocenters. The molecule has 0 amide bonds. The van der Waals surface area contributed by atoms with Gasteiger partial charge in [-0.3, -0.25) is 0 Å². The molecule has 0 saturated heterocycles. The highest BCUT2D eigenvalue weighted by molar-refractivity contribution is 6.23. The number of benzene rings is 5. The van der Waals surface area contributed by atoms with Gasteiger partial charge in [0.05, 0.1) is 27.5 Å². The largest absolute Gasteiger partial charge is 0.455 e. The van der Waals surface area contributed by atoms with Crippen LogP contribution in [0.1, 0.15) is 0 Å². The van der Waals surface area contributed by atoms with Crippen molar-refractivity contribution in [2.75, 3.05) is 0 Å². The van der Waals surface area contributed by atoms with Crippen molar-refractivity contribution < 1.29 is 4.42 Å². The Morgan fingerprint density at radius 2 is 1.33 bits per heavy atom. The second-order valence-electron chi connectivity index (χ2n) is 9.32. The van der Waals surface area contributed by atoms with Gasteiger partial charge >= 0.3 is 0 Å². The predicted molar refractivity (Wildman–Crippen MR) is 148 cm³/mol. The number of hydrogen-bond donors (Lipinski definition) is 0. The molecule has 0 aliphatic rings. The molecule has 8 rings (SSSR count). The maximum Gasteiger partial charge on any atom is 0.145 e. The smallest absolute Gasteiger partial charge is 0.145 e. The monoisotopic (exact) mass is 463 g/mol. The van der Waals surface area contributed by atoms with Gasteiger partial charge in [0.2, 0.25) is 0 Å². The normalized spacial score (nSPS) is 12.0. The van der Waals surface area contributed by atoms with Crippen LogP contribution >= 0.6 is 0 Å². The Balaban J connectivity index is 1.37. The maximum absolute atomic E-state index is 6.42. The van der Waals surface area contributed by atoms with Crippen LogP contribution in [0.15, 0.2) is 114 Å². The van der Waals surface area contributed by atoms with E-state index in [-0.39, 0.29) is 0 Å². The Labute approximate surface area is 206 Å². The summed E-state index contributed by atoms with van der Waals surface area (Å²) < 4.78 is 10.9. The SMILES string of the molecule is Cn1c(-c2ccc(-n3c4ccccc4c4c5oc6ccccc6c5ccc43)cc2)nc2ccccc21. The Morgan fingerprint density at radius 3 is 2.17 bits per heavy atom. The number of fused-ring (bicyclic) bond motifs is 8. The van der Waals surface area contributed by atoms with Crippen molar-refractivity contribution >= 4 is 54.8 Å². The fourth-order valence-corrected chi connectivity index (χ4v) is 5.68. The first-order chi connectivity index (χ1) is 17.8. The summed E-state index contributed by atoms with van der Waals surface area (Å²) in [6.07, 6.45) is 0. The molecule has 0 aliphatic carbocycles. The molecule has 3 aromatic heterocycles. The number of para-hydroxylation sites is 4. The molecule has 0 radical (unpaired) electrons. The van der Waals surface area contributed by atoms with Crippen LogP contribution in [-0.4, -0.2) is 14.1 Å². The van der Waals surface area contributed by atoms with Crippen molar-refractivity contribution in [3.8, 4) is 17.1 Å². The molecule has 170 valence electrons. The van der Waals surface area contributed by atoms with E-state index < -0.39 is 0 Å². The van der Waals surface area contributed by atoms with Gasteiger partial charge in [-0.15, -0.1) is 0 Å². The summed E-state index contributed by atoms with van der Waals surface area (Å²) in [5, 5.41) is 4.64. The van der Waals surface area contributed by atoms with Crippen LogP contribution in [-0.2, 0) is 7.05 Å². The lowest BCUT2D eigenvalue weighted by molar-refractivity contribution is 0.673. The number of hydrogen-bond acceptors (Lipinski definition) is 2. The minimum Gasteiger partial charge on any atom is -0.455 e. The molecule has 0 spiro atoms. The van der Waals surface area contributed by atoms with Gasteiger partial charge in [-0.05, 0) is 60.7 Å². The Kier molecular flexibility index (Phi) is 3.84. The second kappa shape index (κ2) is 7.09. The zero-order chi connectivity index (χ0) is 23.8. The molecule has 0 bridgehead atoms. The first-order valence-electron chi connectivity index (χ1n) is 12.1. The maximum atomic E-state index is 6.42. The summed E-state index contributed by atoms with van der Waals surface area (Å²) in [6.45, 7) is 0.